The molecule has 0 saturated heterocycles. The summed E-state index contributed by atoms with van der Waals surface area (Å²) in [6, 6.07) is 25.2. The number of benzene rings is 1. The molecule has 0 aliphatic carbocycles. The van der Waals surface area contributed by atoms with Gasteiger partial charge in [0.05, 0.1) is 22.8 Å². The van der Waals surface area contributed by atoms with Gasteiger partial charge in [-0.25, -0.2) is 14.8 Å². The predicted molar refractivity (Wildman–Crippen MR) is 138 cm³/mol. The Balaban J connectivity index is 0.000000195. The average molecular weight is 463 g/mol. The number of rotatable bonds is 3. The number of hydrogen-bond acceptors (Lipinski definition) is 4. The first kappa shape index (κ1) is 21.9. The third-order valence-corrected chi connectivity index (χ3v) is 5.15. The van der Waals surface area contributed by atoms with E-state index in [4.69, 9.17) is 9.84 Å². The number of nitrogens with one attached hydrogen (secondary N) is 2. The maximum Gasteiger partial charge on any atom is 0.341 e. The summed E-state index contributed by atoms with van der Waals surface area (Å²) in [6.07, 6.45) is 8.05. The maximum atomic E-state index is 10.0. The largest absolute Gasteiger partial charge is 0.482 e. The van der Waals surface area contributed by atoms with Crippen molar-refractivity contribution in [2.75, 3.05) is 6.61 Å². The van der Waals surface area contributed by atoms with Gasteiger partial charge < -0.3 is 19.8 Å². The molecule has 2 aliphatic heterocycles. The highest BCUT2D eigenvalue weighted by molar-refractivity contribution is 5.77. The van der Waals surface area contributed by atoms with E-state index in [1.165, 1.54) is 0 Å². The fourth-order valence-electron chi connectivity index (χ4n) is 3.61. The predicted octanol–water partition coefficient (Wildman–Crippen LogP) is 5.81. The van der Waals surface area contributed by atoms with Gasteiger partial charge in [-0.15, -0.1) is 0 Å². The van der Waals surface area contributed by atoms with Crippen LogP contribution in [0.1, 0.15) is 22.8 Å². The van der Waals surface area contributed by atoms with E-state index in [-0.39, 0.29) is 6.61 Å². The van der Waals surface area contributed by atoms with Crippen molar-refractivity contribution < 1.29 is 14.6 Å². The molecule has 0 spiro atoms. The number of hydrogen-bond donors (Lipinski definition) is 3. The second kappa shape index (κ2) is 9.93. The van der Waals surface area contributed by atoms with Crippen LogP contribution in [0.5, 0.6) is 5.75 Å². The third-order valence-electron chi connectivity index (χ3n) is 5.15. The molecule has 35 heavy (non-hydrogen) atoms. The molecule has 0 radical (unpaired) electrons. The lowest BCUT2D eigenvalue weighted by Crippen LogP contribution is -2.09. The lowest BCUT2D eigenvalue weighted by Gasteiger charge is -2.00. The van der Waals surface area contributed by atoms with E-state index in [2.05, 4.69) is 50.3 Å². The molecule has 0 atom stereocenters. The molecule has 6 rings (SSSR count). The van der Waals surface area contributed by atoms with Crippen molar-refractivity contribution >= 4 is 52.3 Å². The van der Waals surface area contributed by atoms with Crippen LogP contribution in [0, 0.1) is 0 Å². The van der Waals surface area contributed by atoms with E-state index >= 15 is 0 Å². The van der Waals surface area contributed by atoms with Gasteiger partial charge in [0.1, 0.15) is 5.75 Å². The van der Waals surface area contributed by atoms with Crippen molar-refractivity contribution in [3.63, 3.8) is 0 Å². The second-order valence-electron chi connectivity index (χ2n) is 7.90. The molecule has 0 fully saturated rings. The molecule has 172 valence electrons. The summed E-state index contributed by atoms with van der Waals surface area (Å²) < 4.78 is 4.87. The zero-order chi connectivity index (χ0) is 24.0. The first-order valence-corrected chi connectivity index (χ1v) is 11.0. The maximum absolute atomic E-state index is 10.0. The molecule has 5 heterocycles. The van der Waals surface area contributed by atoms with Crippen LogP contribution in [0.25, 0.3) is 46.4 Å². The molecule has 1 aromatic carbocycles. The van der Waals surface area contributed by atoms with E-state index in [1.54, 1.807) is 24.3 Å². The van der Waals surface area contributed by atoms with E-state index in [0.29, 0.717) is 5.75 Å². The van der Waals surface area contributed by atoms with Crippen LogP contribution in [-0.4, -0.2) is 37.6 Å². The number of aromatic amines is 2. The fourth-order valence-corrected chi connectivity index (χ4v) is 3.61. The van der Waals surface area contributed by atoms with Gasteiger partial charge in [-0.1, -0.05) is 18.2 Å². The normalized spacial score (nSPS) is 11.5. The van der Waals surface area contributed by atoms with Crippen molar-refractivity contribution in [3.05, 3.63) is 102 Å². The highest BCUT2D eigenvalue weighted by Crippen LogP contribution is 2.17. The van der Waals surface area contributed by atoms with Crippen molar-refractivity contribution in [2.24, 2.45) is 0 Å². The quantitative estimate of drug-likeness (QED) is 0.308. The van der Waals surface area contributed by atoms with Gasteiger partial charge in [-0.05, 0) is 85.0 Å². The number of ether oxygens (including phenoxy) is 1. The standard InChI is InChI=1S/C20H14N4.C8H8O3/c1-2-14-10-16-5-6-18(23-16)12-20-8-7-19(24-20)11-17-4-3-15(22-17)9-13(1)21-14;9-8(10)6-11-7-4-2-1-3-5-7/h1-12,21-22H;1-5H,6H2,(H,9,10). The van der Waals surface area contributed by atoms with Crippen molar-refractivity contribution in [2.45, 2.75) is 0 Å². The summed E-state index contributed by atoms with van der Waals surface area (Å²) >= 11 is 0. The first-order chi connectivity index (χ1) is 17.1. The van der Waals surface area contributed by atoms with Crippen LogP contribution in [0.3, 0.4) is 0 Å². The third kappa shape index (κ3) is 5.91. The number of aromatic nitrogens is 4. The molecule has 7 nitrogen and oxygen atoms in total. The lowest BCUT2D eigenvalue weighted by atomic mass is 10.3. The molecule has 0 unspecified atom stereocenters. The van der Waals surface area contributed by atoms with Gasteiger partial charge in [0.25, 0.3) is 0 Å². The highest BCUT2D eigenvalue weighted by atomic mass is 16.5. The Kier molecular flexibility index (Phi) is 6.21. The molecule has 3 aromatic heterocycles. The Labute approximate surface area is 201 Å². The molecule has 7 heteroatoms. The molecular formula is C28H22N4O3. The topological polar surface area (TPSA) is 104 Å². The molecule has 0 amide bonds. The number of fused-ring (bicyclic) bond motifs is 8. The monoisotopic (exact) mass is 462 g/mol. The number of H-pyrrole nitrogens is 2. The van der Waals surface area contributed by atoms with Crippen LogP contribution in [0.15, 0.2) is 78.9 Å². The van der Waals surface area contributed by atoms with Gasteiger partial charge in [0.2, 0.25) is 0 Å². The zero-order valence-electron chi connectivity index (χ0n) is 18.7. The summed E-state index contributed by atoms with van der Waals surface area (Å²) in [6.45, 7) is -0.288. The van der Waals surface area contributed by atoms with Crippen LogP contribution in [0.2, 0.25) is 0 Å². The SMILES string of the molecule is C1=Cc2cc3ccc(cc4ccc(cc5nc(cc1n2)C=C5)[nH]4)[nH]3.O=C(O)COc1ccccc1. The second-order valence-corrected chi connectivity index (χ2v) is 7.90. The van der Waals surface area contributed by atoms with Crippen LogP contribution in [-0.2, 0) is 4.79 Å². The molecular weight excluding hydrogens is 440 g/mol. The number of nitrogens with zero attached hydrogens (tertiary/aromatic N) is 2. The number of aliphatic carboxylic acids is 1. The Bertz CT molecular complexity index is 1490. The summed E-state index contributed by atoms with van der Waals surface area (Å²) in [7, 11) is 0. The summed E-state index contributed by atoms with van der Waals surface area (Å²) in [4.78, 5) is 26.1. The van der Waals surface area contributed by atoms with E-state index in [0.717, 1.165) is 44.8 Å². The van der Waals surface area contributed by atoms with Crippen LogP contribution < -0.4 is 4.74 Å². The van der Waals surface area contributed by atoms with Gasteiger partial charge in [0.15, 0.2) is 6.61 Å². The van der Waals surface area contributed by atoms with Crippen molar-refractivity contribution in [3.8, 4) is 5.75 Å². The molecule has 8 bridgehead atoms. The molecule has 3 N–H and O–H groups in total. The number of carboxylic acids is 1. The number of carboxylic acid groups (broad SMARTS) is 1. The minimum atomic E-state index is -0.964. The van der Waals surface area contributed by atoms with E-state index in [1.807, 2.05) is 48.6 Å². The first-order valence-electron chi connectivity index (χ1n) is 11.0. The zero-order valence-corrected chi connectivity index (χ0v) is 18.7. The van der Waals surface area contributed by atoms with Gasteiger partial charge >= 0.3 is 5.97 Å². The Morgan fingerprint density at radius 3 is 1.60 bits per heavy atom. The van der Waals surface area contributed by atoms with E-state index < -0.39 is 5.97 Å². The Morgan fingerprint density at radius 1 is 0.657 bits per heavy atom. The molecule has 0 saturated carbocycles. The van der Waals surface area contributed by atoms with Crippen molar-refractivity contribution in [1.82, 2.24) is 19.9 Å². The fraction of sp³-hybridized carbons (Fsp3) is 0.0357. The Hall–Kier alpha value is -4.91. The summed E-state index contributed by atoms with van der Waals surface area (Å²) in [5, 5.41) is 8.25. The van der Waals surface area contributed by atoms with Gasteiger partial charge in [-0.3, -0.25) is 0 Å². The van der Waals surface area contributed by atoms with Gasteiger partial charge in [0, 0.05) is 22.1 Å². The smallest absolute Gasteiger partial charge is 0.341 e. The number of para-hydroxylation sites is 1. The van der Waals surface area contributed by atoms with Crippen LogP contribution in [0.4, 0.5) is 0 Å². The minimum absolute atomic E-state index is 0.288. The van der Waals surface area contributed by atoms with Gasteiger partial charge in [-0.2, -0.15) is 0 Å². The summed E-state index contributed by atoms with van der Waals surface area (Å²) in [5.74, 6) is -0.385. The molecule has 4 aromatic rings. The van der Waals surface area contributed by atoms with Crippen molar-refractivity contribution in [1.29, 1.82) is 0 Å². The Morgan fingerprint density at radius 2 is 1.11 bits per heavy atom. The van der Waals surface area contributed by atoms with Crippen LogP contribution >= 0.6 is 0 Å². The van der Waals surface area contributed by atoms with E-state index in [9.17, 15) is 4.79 Å². The minimum Gasteiger partial charge on any atom is -0.482 e. The lowest BCUT2D eigenvalue weighted by molar-refractivity contribution is -0.139. The summed E-state index contributed by atoms with van der Waals surface area (Å²) in [5.41, 5.74) is 7.86. The highest BCUT2D eigenvalue weighted by Gasteiger charge is 2.02. The molecule has 2 aliphatic rings. The average Bonchev–Trinajstić information content (AvgIpc) is 3.65. The number of carbonyl (C=O) groups is 1.